The minimum absolute atomic E-state index is 0.104. The molecular weight excluding hydrogens is 272 g/mol. The molecule has 0 unspecified atom stereocenters. The van der Waals surface area contributed by atoms with Gasteiger partial charge in [0.1, 0.15) is 4.47 Å². The Balaban J connectivity index is 2.28. The molecule has 0 atom stereocenters. The molecule has 1 aliphatic rings. The Morgan fingerprint density at radius 2 is 2.12 bits per heavy atom. The van der Waals surface area contributed by atoms with E-state index in [0.717, 1.165) is 31.6 Å². The molecule has 6 heteroatoms. The van der Waals surface area contributed by atoms with Gasteiger partial charge in [0.2, 0.25) is 0 Å². The molecule has 0 amide bonds. The zero-order chi connectivity index (χ0) is 11.7. The second-order valence-electron chi connectivity index (χ2n) is 4.10. The van der Waals surface area contributed by atoms with Crippen LogP contribution in [0.15, 0.2) is 15.5 Å². The van der Waals surface area contributed by atoms with Gasteiger partial charge >= 0.3 is 0 Å². The fraction of sp³-hybridized carbons (Fsp3) is 0.600. The van der Waals surface area contributed by atoms with E-state index in [1.807, 2.05) is 0 Å². The first kappa shape index (κ1) is 11.6. The quantitative estimate of drug-likeness (QED) is 0.815. The molecule has 88 valence electrons. The molecule has 0 spiro atoms. The predicted molar refractivity (Wildman–Crippen MR) is 66.6 cm³/mol. The molecule has 0 aliphatic carbocycles. The summed E-state index contributed by atoms with van der Waals surface area (Å²) in [6, 6.07) is 0.287. The molecule has 0 saturated carbocycles. The molecule has 1 fully saturated rings. The van der Waals surface area contributed by atoms with Gasteiger partial charge in [-0.3, -0.25) is 4.79 Å². The molecule has 5 nitrogen and oxygen atoms in total. The van der Waals surface area contributed by atoms with E-state index in [1.54, 1.807) is 13.2 Å². The Labute approximate surface area is 102 Å². The highest BCUT2D eigenvalue weighted by molar-refractivity contribution is 9.10. The Bertz CT molecular complexity index is 437. The van der Waals surface area contributed by atoms with Crippen LogP contribution in [0.2, 0.25) is 0 Å². The predicted octanol–water partition coefficient (Wildman–Crippen LogP) is 0.470. The van der Waals surface area contributed by atoms with E-state index < -0.39 is 0 Å². The molecule has 0 bridgehead atoms. The first-order valence-electron chi connectivity index (χ1n) is 5.32. The third-order valence-electron chi connectivity index (χ3n) is 2.94. The molecule has 1 aliphatic heterocycles. The van der Waals surface area contributed by atoms with Crippen LogP contribution in [0.25, 0.3) is 0 Å². The number of aryl methyl sites for hydroxylation is 1. The van der Waals surface area contributed by atoms with Gasteiger partial charge in [0.25, 0.3) is 5.56 Å². The molecule has 1 aromatic heterocycles. The van der Waals surface area contributed by atoms with Crippen LogP contribution in [0.3, 0.4) is 0 Å². The van der Waals surface area contributed by atoms with Crippen LogP contribution in [0.4, 0.5) is 5.69 Å². The SMILES string of the molecule is Cn1ncc(N2CCC(N)CC2)c(Br)c1=O. The van der Waals surface area contributed by atoms with Gasteiger partial charge in [0.05, 0.1) is 11.9 Å². The number of hydrogen-bond acceptors (Lipinski definition) is 4. The second-order valence-corrected chi connectivity index (χ2v) is 4.89. The standard InChI is InChI=1S/C10H15BrN4O/c1-14-10(16)9(11)8(6-13-14)15-4-2-7(12)3-5-15/h6-7H,2-5,12H2,1H3. The van der Waals surface area contributed by atoms with Crippen LogP contribution in [0.5, 0.6) is 0 Å². The highest BCUT2D eigenvalue weighted by Gasteiger charge is 2.19. The van der Waals surface area contributed by atoms with Crippen molar-refractivity contribution in [1.29, 1.82) is 0 Å². The summed E-state index contributed by atoms with van der Waals surface area (Å²) in [7, 11) is 1.64. The lowest BCUT2D eigenvalue weighted by Gasteiger charge is -2.32. The van der Waals surface area contributed by atoms with Crippen molar-refractivity contribution >= 4 is 21.6 Å². The van der Waals surface area contributed by atoms with Crippen LogP contribution < -0.4 is 16.2 Å². The van der Waals surface area contributed by atoms with E-state index >= 15 is 0 Å². The van der Waals surface area contributed by atoms with Crippen molar-refractivity contribution in [2.45, 2.75) is 18.9 Å². The van der Waals surface area contributed by atoms with E-state index in [1.165, 1.54) is 4.68 Å². The van der Waals surface area contributed by atoms with Crippen molar-refractivity contribution in [2.24, 2.45) is 12.8 Å². The maximum atomic E-state index is 11.7. The summed E-state index contributed by atoms with van der Waals surface area (Å²) in [5.41, 5.74) is 6.61. The zero-order valence-electron chi connectivity index (χ0n) is 9.19. The molecule has 2 N–H and O–H groups in total. The fourth-order valence-corrected chi connectivity index (χ4v) is 2.47. The summed E-state index contributed by atoms with van der Waals surface area (Å²) in [5, 5.41) is 4.03. The molecule has 0 aromatic carbocycles. The van der Waals surface area contributed by atoms with Gasteiger partial charge in [0.15, 0.2) is 0 Å². The van der Waals surface area contributed by atoms with E-state index in [-0.39, 0.29) is 11.6 Å². The fourth-order valence-electron chi connectivity index (χ4n) is 1.86. The number of anilines is 1. The van der Waals surface area contributed by atoms with Crippen LogP contribution >= 0.6 is 15.9 Å². The van der Waals surface area contributed by atoms with E-state index in [9.17, 15) is 4.79 Å². The Hall–Kier alpha value is -0.880. The normalized spacial score (nSPS) is 17.8. The van der Waals surface area contributed by atoms with Crippen LogP contribution in [0.1, 0.15) is 12.8 Å². The van der Waals surface area contributed by atoms with Crippen molar-refractivity contribution < 1.29 is 0 Å². The van der Waals surface area contributed by atoms with Crippen molar-refractivity contribution in [2.75, 3.05) is 18.0 Å². The Kier molecular flexibility index (Phi) is 3.30. The van der Waals surface area contributed by atoms with Crippen molar-refractivity contribution in [3.8, 4) is 0 Å². The van der Waals surface area contributed by atoms with Gasteiger partial charge in [-0.15, -0.1) is 0 Å². The Morgan fingerprint density at radius 1 is 1.50 bits per heavy atom. The van der Waals surface area contributed by atoms with Crippen LogP contribution in [-0.4, -0.2) is 28.9 Å². The molecular formula is C10H15BrN4O. The third kappa shape index (κ3) is 2.12. The second kappa shape index (κ2) is 4.55. The number of nitrogens with zero attached hydrogens (tertiary/aromatic N) is 3. The van der Waals surface area contributed by atoms with Gasteiger partial charge in [-0.25, -0.2) is 4.68 Å². The molecule has 2 heterocycles. The lowest BCUT2D eigenvalue weighted by atomic mass is 10.1. The van der Waals surface area contributed by atoms with Gasteiger partial charge in [-0.05, 0) is 28.8 Å². The lowest BCUT2D eigenvalue weighted by Crippen LogP contribution is -2.40. The van der Waals surface area contributed by atoms with Crippen LogP contribution in [0, 0.1) is 0 Å². The van der Waals surface area contributed by atoms with Crippen molar-refractivity contribution in [3.05, 3.63) is 21.0 Å². The molecule has 2 rings (SSSR count). The summed E-state index contributed by atoms with van der Waals surface area (Å²) in [5.74, 6) is 0. The van der Waals surface area contributed by atoms with E-state index in [4.69, 9.17) is 5.73 Å². The largest absolute Gasteiger partial charge is 0.369 e. The maximum absolute atomic E-state index is 11.7. The minimum atomic E-state index is -0.104. The first-order chi connectivity index (χ1) is 7.59. The number of piperidine rings is 1. The number of nitrogens with two attached hydrogens (primary N) is 1. The van der Waals surface area contributed by atoms with Crippen molar-refractivity contribution in [3.63, 3.8) is 0 Å². The van der Waals surface area contributed by atoms with Gasteiger partial charge in [0, 0.05) is 26.2 Å². The van der Waals surface area contributed by atoms with Crippen LogP contribution in [-0.2, 0) is 7.05 Å². The summed E-state index contributed by atoms with van der Waals surface area (Å²) in [4.78, 5) is 13.9. The number of hydrogen-bond donors (Lipinski definition) is 1. The number of rotatable bonds is 1. The summed E-state index contributed by atoms with van der Waals surface area (Å²) < 4.78 is 1.91. The first-order valence-corrected chi connectivity index (χ1v) is 6.11. The monoisotopic (exact) mass is 286 g/mol. The number of aromatic nitrogens is 2. The minimum Gasteiger partial charge on any atom is -0.369 e. The molecule has 0 radical (unpaired) electrons. The molecule has 1 aromatic rings. The number of halogens is 1. The summed E-state index contributed by atoms with van der Waals surface area (Å²) >= 11 is 3.34. The lowest BCUT2D eigenvalue weighted by molar-refractivity contribution is 0.499. The van der Waals surface area contributed by atoms with Gasteiger partial charge in [-0.1, -0.05) is 0 Å². The van der Waals surface area contributed by atoms with Gasteiger partial charge < -0.3 is 10.6 Å². The Morgan fingerprint density at radius 3 is 2.75 bits per heavy atom. The smallest absolute Gasteiger partial charge is 0.282 e. The highest BCUT2D eigenvalue weighted by atomic mass is 79.9. The summed E-state index contributed by atoms with van der Waals surface area (Å²) in [6.07, 6.45) is 3.64. The molecule has 1 saturated heterocycles. The van der Waals surface area contributed by atoms with Gasteiger partial charge in [-0.2, -0.15) is 5.10 Å². The van der Waals surface area contributed by atoms with Crippen molar-refractivity contribution in [1.82, 2.24) is 9.78 Å². The maximum Gasteiger partial charge on any atom is 0.282 e. The molecule has 16 heavy (non-hydrogen) atoms. The summed E-state index contributed by atoms with van der Waals surface area (Å²) in [6.45, 7) is 1.77. The van der Waals surface area contributed by atoms with E-state index in [2.05, 4.69) is 25.9 Å². The topological polar surface area (TPSA) is 64.2 Å². The zero-order valence-corrected chi connectivity index (χ0v) is 10.8. The average Bonchev–Trinajstić information content (AvgIpc) is 2.28. The highest BCUT2D eigenvalue weighted by Crippen LogP contribution is 2.24. The van der Waals surface area contributed by atoms with E-state index in [0.29, 0.717) is 4.47 Å². The average molecular weight is 287 g/mol. The third-order valence-corrected chi connectivity index (χ3v) is 3.69.